The molecule has 4 aliphatic carbocycles. The molecule has 0 heterocycles. The predicted octanol–water partition coefficient (Wildman–Crippen LogP) is 7.83. The molecule has 1 amide bonds. The van der Waals surface area contributed by atoms with Gasteiger partial charge in [0.05, 0.1) is 12.2 Å². The number of aliphatic hydroxyl groups is 2. The summed E-state index contributed by atoms with van der Waals surface area (Å²) in [5.41, 5.74) is 0.577. The average molecular weight is 692 g/mol. The van der Waals surface area contributed by atoms with Gasteiger partial charge in [-0.1, -0.05) is 75.4 Å². The highest BCUT2D eigenvalue weighted by molar-refractivity contribution is 6.26. The second-order valence-electron chi connectivity index (χ2n) is 17.2. The van der Waals surface area contributed by atoms with Crippen molar-refractivity contribution in [1.29, 1.82) is 0 Å². The summed E-state index contributed by atoms with van der Waals surface area (Å²) in [6, 6.07) is 18.1. The van der Waals surface area contributed by atoms with E-state index in [4.69, 9.17) is 4.74 Å². The van der Waals surface area contributed by atoms with Crippen LogP contribution in [0.15, 0.2) is 54.6 Å². The molecule has 7 nitrogen and oxygen atoms in total. The van der Waals surface area contributed by atoms with Crippen LogP contribution >= 0.6 is 0 Å². The standard InChI is InChI=1S/C44H53NO6/c1-25(34-16-17-35-33-15-12-29-21-30(46)19-20-43(29,2)36(33)22-38(48)44(34,35)3)7-18-39(49)45-23-40(50)51-24-37(47)31-13-10-28-9-8-26-5-4-6-27-11-14-32(31)42(28)41(26)27/h4-6,8-11,13-14,25,29-30,33-36,38,46,48H,7,12,15-24H2,1-3H3,(H,45,49)/t25-,29-,30-,33+,34-,35+,36+,38+,43+,44-/m1/s1. The number of amides is 1. The second-order valence-corrected chi connectivity index (χ2v) is 17.2. The van der Waals surface area contributed by atoms with Crippen molar-refractivity contribution in [3.63, 3.8) is 0 Å². The number of ketones is 1. The molecule has 0 bridgehead atoms. The van der Waals surface area contributed by atoms with E-state index in [0.29, 0.717) is 48.0 Å². The number of carbonyl (C=O) groups is 3. The van der Waals surface area contributed by atoms with Crippen LogP contribution in [0.4, 0.5) is 0 Å². The highest BCUT2D eigenvalue weighted by Gasteiger charge is 2.63. The number of rotatable bonds is 9. The van der Waals surface area contributed by atoms with Gasteiger partial charge in [0.1, 0.15) is 6.54 Å². The van der Waals surface area contributed by atoms with Crippen molar-refractivity contribution in [2.24, 2.45) is 46.3 Å². The number of esters is 1. The van der Waals surface area contributed by atoms with E-state index in [1.807, 2.05) is 24.3 Å². The van der Waals surface area contributed by atoms with Crippen molar-refractivity contribution in [2.75, 3.05) is 13.2 Å². The van der Waals surface area contributed by atoms with Crippen LogP contribution in [0.1, 0.15) is 95.3 Å². The maximum atomic E-state index is 13.3. The Kier molecular flexibility index (Phi) is 8.90. The Hall–Kier alpha value is -3.55. The number of benzene rings is 4. The lowest BCUT2D eigenvalue weighted by molar-refractivity contribution is -0.175. The van der Waals surface area contributed by atoms with Crippen LogP contribution in [0.2, 0.25) is 0 Å². The van der Waals surface area contributed by atoms with E-state index in [2.05, 4.69) is 50.4 Å². The molecule has 8 rings (SSSR count). The first-order valence-electron chi connectivity index (χ1n) is 19.5. The Morgan fingerprint density at radius 3 is 2.37 bits per heavy atom. The molecule has 4 fully saturated rings. The summed E-state index contributed by atoms with van der Waals surface area (Å²) in [7, 11) is 0. The molecule has 270 valence electrons. The first-order valence-corrected chi connectivity index (χ1v) is 19.5. The predicted molar refractivity (Wildman–Crippen MR) is 199 cm³/mol. The number of aliphatic hydroxyl groups excluding tert-OH is 2. The van der Waals surface area contributed by atoms with Gasteiger partial charge in [0.2, 0.25) is 11.7 Å². The minimum absolute atomic E-state index is 0.153. The Morgan fingerprint density at radius 1 is 0.863 bits per heavy atom. The summed E-state index contributed by atoms with van der Waals surface area (Å²) in [6.07, 6.45) is 8.80. The van der Waals surface area contributed by atoms with E-state index in [-0.39, 0.29) is 53.8 Å². The first kappa shape index (κ1) is 34.5. The third-order valence-electron chi connectivity index (χ3n) is 15.0. The average Bonchev–Trinajstić information content (AvgIpc) is 3.50. The van der Waals surface area contributed by atoms with Gasteiger partial charge in [-0.05, 0) is 136 Å². The molecule has 7 heteroatoms. The molecule has 0 aliphatic heterocycles. The van der Waals surface area contributed by atoms with Gasteiger partial charge in [-0.3, -0.25) is 14.4 Å². The van der Waals surface area contributed by atoms with Crippen molar-refractivity contribution in [3.8, 4) is 0 Å². The van der Waals surface area contributed by atoms with Crippen molar-refractivity contribution in [3.05, 3.63) is 60.2 Å². The number of hydrogen-bond donors (Lipinski definition) is 3. The Morgan fingerprint density at radius 2 is 1.59 bits per heavy atom. The highest BCUT2D eigenvalue weighted by Crippen LogP contribution is 2.68. The highest BCUT2D eigenvalue weighted by atomic mass is 16.5. The molecule has 0 spiro atoms. The lowest BCUT2D eigenvalue weighted by Gasteiger charge is -2.62. The Labute approximate surface area is 300 Å². The van der Waals surface area contributed by atoms with Crippen molar-refractivity contribution >= 4 is 50.0 Å². The van der Waals surface area contributed by atoms with Crippen LogP contribution in [0.3, 0.4) is 0 Å². The minimum atomic E-state index is -0.635. The number of carbonyl (C=O) groups excluding carboxylic acids is 3. The van der Waals surface area contributed by atoms with Crippen LogP contribution in [-0.4, -0.2) is 53.2 Å². The quantitative estimate of drug-likeness (QED) is 0.0937. The van der Waals surface area contributed by atoms with E-state index >= 15 is 0 Å². The zero-order chi connectivity index (χ0) is 35.7. The van der Waals surface area contributed by atoms with Gasteiger partial charge in [-0.2, -0.15) is 0 Å². The van der Waals surface area contributed by atoms with Crippen molar-refractivity contribution in [1.82, 2.24) is 5.32 Å². The molecule has 3 N–H and O–H groups in total. The largest absolute Gasteiger partial charge is 0.456 e. The maximum Gasteiger partial charge on any atom is 0.325 e. The number of nitrogens with one attached hydrogen (secondary N) is 1. The van der Waals surface area contributed by atoms with Gasteiger partial charge >= 0.3 is 5.97 Å². The molecule has 4 aromatic rings. The van der Waals surface area contributed by atoms with Crippen LogP contribution in [0, 0.1) is 46.3 Å². The second kappa shape index (κ2) is 13.1. The van der Waals surface area contributed by atoms with E-state index in [9.17, 15) is 24.6 Å². The minimum Gasteiger partial charge on any atom is -0.456 e. The normalized spacial score (nSPS) is 33.8. The van der Waals surface area contributed by atoms with E-state index in [1.165, 1.54) is 12.8 Å². The SMILES string of the molecule is C[C@H](CCC(=O)NCC(=O)OCC(=O)c1ccc2ccc3cccc4ccc1c2c34)[C@H]1CC[C@H]2[C@@H]3CC[C@@H]4C[C@H](O)CC[C@]4(C)[C@H]3C[C@H](O)[C@]12C. The molecular weight excluding hydrogens is 638 g/mol. The summed E-state index contributed by atoms with van der Waals surface area (Å²) < 4.78 is 5.34. The molecule has 4 saturated carbocycles. The molecule has 0 saturated heterocycles. The van der Waals surface area contributed by atoms with Gasteiger partial charge in [-0.15, -0.1) is 0 Å². The number of ether oxygens (including phenoxy) is 1. The molecule has 4 aromatic carbocycles. The van der Waals surface area contributed by atoms with Gasteiger partial charge in [-0.25, -0.2) is 0 Å². The van der Waals surface area contributed by atoms with Gasteiger partial charge in [0.15, 0.2) is 6.61 Å². The Balaban J connectivity index is 0.833. The van der Waals surface area contributed by atoms with Crippen LogP contribution in [0.5, 0.6) is 0 Å². The number of Topliss-reactive ketones (excluding diaryl/α,β-unsaturated/α-hetero) is 1. The topological polar surface area (TPSA) is 113 Å². The zero-order valence-electron chi connectivity index (χ0n) is 30.3. The lowest BCUT2D eigenvalue weighted by Crippen LogP contribution is -2.58. The summed E-state index contributed by atoms with van der Waals surface area (Å²) in [4.78, 5) is 38.8. The Bertz CT molecular complexity index is 1960. The van der Waals surface area contributed by atoms with E-state index < -0.39 is 5.97 Å². The summed E-state index contributed by atoms with van der Waals surface area (Å²) >= 11 is 0. The first-order chi connectivity index (χ1) is 24.5. The lowest BCUT2D eigenvalue weighted by atomic mass is 9.43. The van der Waals surface area contributed by atoms with Crippen LogP contribution in [-0.2, 0) is 14.3 Å². The third-order valence-corrected chi connectivity index (χ3v) is 15.0. The fraction of sp³-hybridized carbons (Fsp3) is 0.568. The molecule has 0 radical (unpaired) electrons. The van der Waals surface area contributed by atoms with Crippen molar-refractivity contribution < 1.29 is 29.3 Å². The van der Waals surface area contributed by atoms with Gasteiger partial charge < -0.3 is 20.3 Å². The summed E-state index contributed by atoms with van der Waals surface area (Å²) in [5.74, 6) is 1.71. The van der Waals surface area contributed by atoms with Gasteiger partial charge in [0, 0.05) is 12.0 Å². The van der Waals surface area contributed by atoms with Crippen LogP contribution < -0.4 is 5.32 Å². The zero-order valence-corrected chi connectivity index (χ0v) is 30.3. The van der Waals surface area contributed by atoms with E-state index in [1.54, 1.807) is 6.07 Å². The monoisotopic (exact) mass is 691 g/mol. The molecular formula is C44H53NO6. The smallest absolute Gasteiger partial charge is 0.325 e. The molecule has 0 aromatic heterocycles. The summed E-state index contributed by atoms with van der Waals surface area (Å²) in [6.45, 7) is 6.34. The fourth-order valence-electron chi connectivity index (χ4n) is 12.2. The molecule has 0 unspecified atom stereocenters. The van der Waals surface area contributed by atoms with Crippen LogP contribution in [0.25, 0.3) is 32.3 Å². The number of hydrogen-bond acceptors (Lipinski definition) is 6. The van der Waals surface area contributed by atoms with Crippen molar-refractivity contribution in [2.45, 2.75) is 97.2 Å². The third kappa shape index (κ3) is 5.74. The fourth-order valence-corrected chi connectivity index (χ4v) is 12.2. The molecule has 51 heavy (non-hydrogen) atoms. The summed E-state index contributed by atoms with van der Waals surface area (Å²) in [5, 5.41) is 31.2. The van der Waals surface area contributed by atoms with Gasteiger partial charge in [0.25, 0.3) is 0 Å². The molecule has 10 atom stereocenters. The number of fused-ring (bicyclic) bond motifs is 5. The van der Waals surface area contributed by atoms with E-state index in [0.717, 1.165) is 70.8 Å². The maximum absolute atomic E-state index is 13.3. The molecule has 4 aliphatic rings.